The van der Waals surface area contributed by atoms with Crippen LogP contribution in [0.3, 0.4) is 0 Å². The molecule has 0 radical (unpaired) electrons. The molecule has 0 aliphatic carbocycles. The SMILES string of the molecule is NCCn1cc(C(=O)Nc2cc(C(=O)O)ccc2Br)nn1. The van der Waals surface area contributed by atoms with Gasteiger partial charge in [-0.15, -0.1) is 5.10 Å². The molecular formula is C12H12BrN5O3. The van der Waals surface area contributed by atoms with Crippen LogP contribution in [0.15, 0.2) is 28.9 Å². The second kappa shape index (κ2) is 6.46. The highest BCUT2D eigenvalue weighted by Crippen LogP contribution is 2.24. The number of amides is 1. The van der Waals surface area contributed by atoms with E-state index in [-0.39, 0.29) is 11.3 Å². The minimum absolute atomic E-state index is 0.0697. The lowest BCUT2D eigenvalue weighted by Crippen LogP contribution is -2.13. The summed E-state index contributed by atoms with van der Waals surface area (Å²) < 4.78 is 2.02. The number of hydrogen-bond acceptors (Lipinski definition) is 5. The molecule has 1 aromatic carbocycles. The average Bonchev–Trinajstić information content (AvgIpc) is 2.90. The van der Waals surface area contributed by atoms with Gasteiger partial charge in [-0.2, -0.15) is 0 Å². The first-order valence-electron chi connectivity index (χ1n) is 5.95. The number of aromatic carboxylic acids is 1. The van der Waals surface area contributed by atoms with Gasteiger partial charge in [-0.25, -0.2) is 4.79 Å². The molecule has 0 aliphatic rings. The summed E-state index contributed by atoms with van der Waals surface area (Å²) in [5.74, 6) is -1.56. The van der Waals surface area contributed by atoms with Crippen molar-refractivity contribution >= 4 is 33.5 Å². The number of nitrogens with one attached hydrogen (secondary N) is 1. The van der Waals surface area contributed by atoms with Crippen molar-refractivity contribution in [2.24, 2.45) is 5.73 Å². The fraction of sp³-hybridized carbons (Fsp3) is 0.167. The number of carboxylic acid groups (broad SMARTS) is 1. The van der Waals surface area contributed by atoms with Crippen LogP contribution < -0.4 is 11.1 Å². The number of nitrogens with two attached hydrogens (primary N) is 1. The van der Waals surface area contributed by atoms with Crippen LogP contribution in [-0.2, 0) is 6.54 Å². The summed E-state index contributed by atoms with van der Waals surface area (Å²) in [6.45, 7) is 0.842. The number of aromatic nitrogens is 3. The van der Waals surface area contributed by atoms with Crippen molar-refractivity contribution in [1.82, 2.24) is 15.0 Å². The van der Waals surface area contributed by atoms with Crippen molar-refractivity contribution in [3.05, 3.63) is 40.1 Å². The highest BCUT2D eigenvalue weighted by Gasteiger charge is 2.14. The zero-order valence-corrected chi connectivity index (χ0v) is 12.4. The fourth-order valence-corrected chi connectivity index (χ4v) is 1.93. The van der Waals surface area contributed by atoms with Crippen molar-refractivity contribution in [2.45, 2.75) is 6.54 Å². The Kier molecular flexibility index (Phi) is 4.66. The lowest BCUT2D eigenvalue weighted by molar-refractivity contribution is 0.0696. The van der Waals surface area contributed by atoms with E-state index in [4.69, 9.17) is 10.8 Å². The first-order valence-corrected chi connectivity index (χ1v) is 6.75. The number of hydrogen-bond donors (Lipinski definition) is 3. The third-order valence-corrected chi connectivity index (χ3v) is 3.28. The molecule has 1 amide bonds. The Labute approximate surface area is 128 Å². The second-order valence-electron chi connectivity index (χ2n) is 4.11. The second-order valence-corrected chi connectivity index (χ2v) is 4.96. The third-order valence-electron chi connectivity index (χ3n) is 2.59. The molecule has 0 unspecified atom stereocenters. The highest BCUT2D eigenvalue weighted by atomic mass is 79.9. The number of rotatable bonds is 5. The molecule has 0 saturated carbocycles. The van der Waals surface area contributed by atoms with Gasteiger partial charge in [0, 0.05) is 11.0 Å². The number of carbonyl (C=O) groups excluding carboxylic acids is 1. The number of benzene rings is 1. The van der Waals surface area contributed by atoms with E-state index in [1.54, 1.807) is 6.07 Å². The molecule has 21 heavy (non-hydrogen) atoms. The number of carboxylic acids is 1. The predicted molar refractivity (Wildman–Crippen MR) is 78.1 cm³/mol. The van der Waals surface area contributed by atoms with Gasteiger partial charge in [0.15, 0.2) is 5.69 Å². The van der Waals surface area contributed by atoms with Gasteiger partial charge in [-0.1, -0.05) is 5.21 Å². The lowest BCUT2D eigenvalue weighted by Gasteiger charge is -2.06. The zero-order valence-electron chi connectivity index (χ0n) is 10.8. The Morgan fingerprint density at radius 2 is 2.19 bits per heavy atom. The molecule has 0 atom stereocenters. The third kappa shape index (κ3) is 3.64. The van der Waals surface area contributed by atoms with Gasteiger partial charge in [0.2, 0.25) is 0 Å². The van der Waals surface area contributed by atoms with Gasteiger partial charge >= 0.3 is 5.97 Å². The van der Waals surface area contributed by atoms with Crippen LogP contribution in [0.1, 0.15) is 20.8 Å². The molecule has 2 aromatic rings. The number of carbonyl (C=O) groups is 2. The summed E-state index contributed by atoms with van der Waals surface area (Å²) >= 11 is 3.25. The van der Waals surface area contributed by atoms with Crippen molar-refractivity contribution in [2.75, 3.05) is 11.9 Å². The molecule has 110 valence electrons. The maximum Gasteiger partial charge on any atom is 0.335 e. The largest absolute Gasteiger partial charge is 0.478 e. The van der Waals surface area contributed by atoms with E-state index in [0.29, 0.717) is 23.2 Å². The van der Waals surface area contributed by atoms with Gasteiger partial charge in [-0.3, -0.25) is 9.48 Å². The zero-order chi connectivity index (χ0) is 15.4. The summed E-state index contributed by atoms with van der Waals surface area (Å²) in [7, 11) is 0. The first-order chi connectivity index (χ1) is 10.0. The molecule has 8 nitrogen and oxygen atoms in total. The molecule has 0 saturated heterocycles. The Morgan fingerprint density at radius 1 is 1.43 bits per heavy atom. The summed E-state index contributed by atoms with van der Waals surface area (Å²) in [5, 5.41) is 19.0. The monoisotopic (exact) mass is 353 g/mol. The fourth-order valence-electron chi connectivity index (χ4n) is 1.58. The predicted octanol–water partition coefficient (Wildman–Crippen LogP) is 0.950. The number of nitrogens with zero attached hydrogens (tertiary/aromatic N) is 3. The van der Waals surface area contributed by atoms with Gasteiger partial charge in [0.05, 0.1) is 24.0 Å². The molecule has 0 bridgehead atoms. The molecule has 1 aromatic heterocycles. The van der Waals surface area contributed by atoms with Crippen molar-refractivity contribution < 1.29 is 14.7 Å². The normalized spacial score (nSPS) is 10.4. The van der Waals surface area contributed by atoms with Gasteiger partial charge < -0.3 is 16.2 Å². The van der Waals surface area contributed by atoms with Gasteiger partial charge in [-0.05, 0) is 34.1 Å². The van der Waals surface area contributed by atoms with Crippen molar-refractivity contribution in [3.8, 4) is 0 Å². The van der Waals surface area contributed by atoms with E-state index >= 15 is 0 Å². The van der Waals surface area contributed by atoms with Crippen LogP contribution in [0, 0.1) is 0 Å². The van der Waals surface area contributed by atoms with Crippen LogP contribution in [-0.4, -0.2) is 38.5 Å². The Hall–Kier alpha value is -2.26. The molecule has 0 aliphatic heterocycles. The standard InChI is InChI=1S/C12H12BrN5O3/c13-8-2-1-7(12(20)21)5-9(8)15-11(19)10-6-18(4-3-14)17-16-10/h1-2,5-6H,3-4,14H2,(H,15,19)(H,20,21). The van der Waals surface area contributed by atoms with E-state index < -0.39 is 11.9 Å². The van der Waals surface area contributed by atoms with Crippen LogP contribution in [0.2, 0.25) is 0 Å². The molecule has 0 spiro atoms. The molecule has 9 heteroatoms. The van der Waals surface area contributed by atoms with Gasteiger partial charge in [0.25, 0.3) is 5.91 Å². The Balaban J connectivity index is 2.18. The van der Waals surface area contributed by atoms with Crippen LogP contribution >= 0.6 is 15.9 Å². The number of halogens is 1. The quantitative estimate of drug-likeness (QED) is 0.735. The van der Waals surface area contributed by atoms with Crippen LogP contribution in [0.5, 0.6) is 0 Å². The average molecular weight is 354 g/mol. The van der Waals surface area contributed by atoms with E-state index in [2.05, 4.69) is 31.6 Å². The minimum atomic E-state index is -1.08. The lowest BCUT2D eigenvalue weighted by atomic mass is 10.2. The highest BCUT2D eigenvalue weighted by molar-refractivity contribution is 9.10. The summed E-state index contributed by atoms with van der Waals surface area (Å²) in [4.78, 5) is 23.0. The van der Waals surface area contributed by atoms with E-state index in [0.717, 1.165) is 0 Å². The van der Waals surface area contributed by atoms with Crippen molar-refractivity contribution in [1.29, 1.82) is 0 Å². The molecule has 0 fully saturated rings. The molecular weight excluding hydrogens is 342 g/mol. The van der Waals surface area contributed by atoms with Crippen LogP contribution in [0.25, 0.3) is 0 Å². The maximum atomic E-state index is 12.0. The summed E-state index contributed by atoms with van der Waals surface area (Å²) in [6.07, 6.45) is 1.47. The van der Waals surface area contributed by atoms with Crippen LogP contribution in [0.4, 0.5) is 5.69 Å². The Morgan fingerprint density at radius 3 is 2.86 bits per heavy atom. The first kappa shape index (κ1) is 15.1. The van der Waals surface area contributed by atoms with E-state index in [1.165, 1.54) is 23.0 Å². The van der Waals surface area contributed by atoms with E-state index in [9.17, 15) is 9.59 Å². The smallest absolute Gasteiger partial charge is 0.335 e. The summed E-state index contributed by atoms with van der Waals surface area (Å²) in [6, 6.07) is 4.33. The minimum Gasteiger partial charge on any atom is -0.478 e. The number of anilines is 1. The molecule has 4 N–H and O–H groups in total. The van der Waals surface area contributed by atoms with Crippen molar-refractivity contribution in [3.63, 3.8) is 0 Å². The topological polar surface area (TPSA) is 123 Å². The maximum absolute atomic E-state index is 12.0. The van der Waals surface area contributed by atoms with Gasteiger partial charge in [0.1, 0.15) is 0 Å². The summed E-state index contributed by atoms with van der Waals surface area (Å²) in [5.41, 5.74) is 5.92. The van der Waals surface area contributed by atoms with E-state index in [1.807, 2.05) is 0 Å². The molecule has 1 heterocycles. The Bertz CT molecular complexity index is 685. The molecule has 2 rings (SSSR count).